The minimum Gasteiger partial charge on any atom is -0.504 e. The fourth-order valence-corrected chi connectivity index (χ4v) is 2.22. The number of carbonyl (C=O) groups excluding carboxylic acids is 1. The first-order valence-corrected chi connectivity index (χ1v) is 7.67. The SMILES string of the molecule is CCOc1cc(C=CC(=O)CCC2=NC=CN(C)C2)ccc1O.Cl. The van der Waals surface area contributed by atoms with Crippen molar-refractivity contribution in [3.63, 3.8) is 0 Å². The molecule has 2 rings (SSSR count). The van der Waals surface area contributed by atoms with Crippen LogP contribution < -0.4 is 4.74 Å². The molecule has 0 aromatic heterocycles. The number of benzene rings is 1. The number of phenolic OH excluding ortho intramolecular Hbond substituents is 1. The summed E-state index contributed by atoms with van der Waals surface area (Å²) in [6.45, 7) is 3.10. The molecular weight excluding hydrogens is 328 g/mol. The Morgan fingerprint density at radius 1 is 1.46 bits per heavy atom. The highest BCUT2D eigenvalue weighted by atomic mass is 35.5. The average Bonchev–Trinajstić information content (AvgIpc) is 2.54. The van der Waals surface area contributed by atoms with E-state index >= 15 is 0 Å². The fourth-order valence-electron chi connectivity index (χ4n) is 2.22. The molecule has 0 amide bonds. The van der Waals surface area contributed by atoms with E-state index in [2.05, 4.69) is 4.99 Å². The molecule has 1 aromatic carbocycles. The lowest BCUT2D eigenvalue weighted by molar-refractivity contribution is -0.114. The molecule has 1 heterocycles. The number of phenols is 1. The molecule has 1 N–H and O–H groups in total. The summed E-state index contributed by atoms with van der Waals surface area (Å²) in [7, 11) is 1.98. The molecule has 0 atom stereocenters. The lowest BCUT2D eigenvalue weighted by Crippen LogP contribution is -2.23. The van der Waals surface area contributed by atoms with Crippen LogP contribution in [0.5, 0.6) is 11.5 Å². The number of aromatic hydroxyl groups is 1. The molecule has 1 aromatic rings. The lowest BCUT2D eigenvalue weighted by Gasteiger charge is -2.18. The number of ketones is 1. The van der Waals surface area contributed by atoms with Gasteiger partial charge < -0.3 is 14.7 Å². The minimum atomic E-state index is 0. The van der Waals surface area contributed by atoms with Gasteiger partial charge in [0.15, 0.2) is 17.3 Å². The average molecular weight is 351 g/mol. The van der Waals surface area contributed by atoms with Crippen LogP contribution in [0.3, 0.4) is 0 Å². The van der Waals surface area contributed by atoms with Gasteiger partial charge in [-0.25, -0.2) is 0 Å². The van der Waals surface area contributed by atoms with Crippen molar-refractivity contribution in [1.29, 1.82) is 0 Å². The van der Waals surface area contributed by atoms with E-state index in [1.165, 1.54) is 0 Å². The Bertz CT molecular complexity index is 654. The van der Waals surface area contributed by atoms with Crippen molar-refractivity contribution in [1.82, 2.24) is 4.90 Å². The third kappa shape index (κ3) is 6.08. The van der Waals surface area contributed by atoms with E-state index in [0.29, 0.717) is 25.2 Å². The summed E-state index contributed by atoms with van der Waals surface area (Å²) in [5.41, 5.74) is 1.83. The van der Waals surface area contributed by atoms with Gasteiger partial charge in [0, 0.05) is 31.6 Å². The van der Waals surface area contributed by atoms with Gasteiger partial charge in [-0.15, -0.1) is 12.4 Å². The number of rotatable bonds is 7. The summed E-state index contributed by atoms with van der Waals surface area (Å²) in [6, 6.07) is 5.02. The van der Waals surface area contributed by atoms with E-state index in [9.17, 15) is 9.90 Å². The second kappa shape index (κ2) is 9.78. The highest BCUT2D eigenvalue weighted by molar-refractivity contribution is 5.97. The van der Waals surface area contributed by atoms with E-state index in [0.717, 1.165) is 17.8 Å². The number of hydrogen-bond acceptors (Lipinski definition) is 5. The molecule has 0 fully saturated rings. The molecule has 6 heteroatoms. The van der Waals surface area contributed by atoms with Gasteiger partial charge in [0.2, 0.25) is 0 Å². The van der Waals surface area contributed by atoms with Crippen LogP contribution in [-0.2, 0) is 4.79 Å². The molecule has 0 unspecified atom stereocenters. The van der Waals surface area contributed by atoms with Gasteiger partial charge in [-0.05, 0) is 37.1 Å². The smallest absolute Gasteiger partial charge is 0.161 e. The fraction of sp³-hybridized carbons (Fsp3) is 0.333. The van der Waals surface area contributed by atoms with Gasteiger partial charge >= 0.3 is 0 Å². The molecule has 1 aliphatic heterocycles. The van der Waals surface area contributed by atoms with Gasteiger partial charge in [-0.2, -0.15) is 0 Å². The van der Waals surface area contributed by atoms with Gasteiger partial charge in [0.05, 0.1) is 13.2 Å². The zero-order valence-corrected chi connectivity index (χ0v) is 14.8. The van der Waals surface area contributed by atoms with E-state index in [4.69, 9.17) is 4.74 Å². The topological polar surface area (TPSA) is 62.1 Å². The minimum absolute atomic E-state index is 0. The van der Waals surface area contributed by atoms with E-state index < -0.39 is 0 Å². The first kappa shape index (κ1) is 19.8. The largest absolute Gasteiger partial charge is 0.504 e. The number of aliphatic imine (C=N–C) groups is 1. The summed E-state index contributed by atoms with van der Waals surface area (Å²) < 4.78 is 5.33. The Morgan fingerprint density at radius 2 is 2.25 bits per heavy atom. The van der Waals surface area contributed by atoms with E-state index in [-0.39, 0.29) is 23.9 Å². The molecule has 0 bridgehead atoms. The number of carbonyl (C=O) groups is 1. The van der Waals surface area contributed by atoms with Gasteiger partial charge in [0.25, 0.3) is 0 Å². The Balaban J connectivity index is 0.00000288. The molecule has 5 nitrogen and oxygen atoms in total. The Morgan fingerprint density at radius 3 is 2.96 bits per heavy atom. The summed E-state index contributed by atoms with van der Waals surface area (Å²) in [4.78, 5) is 18.3. The van der Waals surface area contributed by atoms with Crippen molar-refractivity contribution in [2.24, 2.45) is 4.99 Å². The predicted octanol–water partition coefficient (Wildman–Crippen LogP) is 3.43. The molecule has 0 aliphatic carbocycles. The first-order chi connectivity index (χ1) is 11.1. The third-order valence-electron chi connectivity index (χ3n) is 3.42. The molecule has 24 heavy (non-hydrogen) atoms. The summed E-state index contributed by atoms with van der Waals surface area (Å²) >= 11 is 0. The summed E-state index contributed by atoms with van der Waals surface area (Å²) in [6.07, 6.45) is 8.06. The zero-order chi connectivity index (χ0) is 16.7. The normalized spacial score (nSPS) is 13.6. The van der Waals surface area contributed by atoms with Crippen molar-refractivity contribution < 1.29 is 14.6 Å². The van der Waals surface area contributed by atoms with Gasteiger partial charge in [-0.1, -0.05) is 12.1 Å². The van der Waals surface area contributed by atoms with Crippen LogP contribution in [0.25, 0.3) is 6.08 Å². The zero-order valence-electron chi connectivity index (χ0n) is 13.9. The van der Waals surface area contributed by atoms with Crippen molar-refractivity contribution in [3.8, 4) is 11.5 Å². The quantitative estimate of drug-likeness (QED) is 0.765. The third-order valence-corrected chi connectivity index (χ3v) is 3.42. The molecule has 130 valence electrons. The van der Waals surface area contributed by atoms with Crippen molar-refractivity contribution in [3.05, 3.63) is 42.2 Å². The second-order valence-corrected chi connectivity index (χ2v) is 5.37. The van der Waals surface area contributed by atoms with Crippen LogP contribution in [0.4, 0.5) is 0 Å². The van der Waals surface area contributed by atoms with E-state index in [1.807, 2.05) is 25.1 Å². The number of allylic oxidation sites excluding steroid dienone is 1. The standard InChI is InChI=1S/C18H22N2O3.ClH/c1-3-23-18-12-14(5-9-17(18)22)4-7-16(21)8-6-15-13-20(2)11-10-19-15;/h4-5,7,9-12,22H,3,6,8,13H2,1-2H3;1H. The monoisotopic (exact) mass is 350 g/mol. The Hall–Kier alpha value is -2.27. The number of ether oxygens (including phenoxy) is 1. The maximum atomic E-state index is 12.0. The van der Waals surface area contributed by atoms with Crippen molar-refractivity contribution >= 4 is 30.0 Å². The van der Waals surface area contributed by atoms with Crippen LogP contribution in [0.2, 0.25) is 0 Å². The van der Waals surface area contributed by atoms with E-state index in [1.54, 1.807) is 36.6 Å². The van der Waals surface area contributed by atoms with Gasteiger partial charge in [0.1, 0.15) is 0 Å². The first-order valence-electron chi connectivity index (χ1n) is 7.67. The Kier molecular flexibility index (Phi) is 8.06. The molecule has 0 saturated heterocycles. The van der Waals surface area contributed by atoms with Crippen molar-refractivity contribution in [2.75, 3.05) is 20.2 Å². The molecule has 0 spiro atoms. The number of halogens is 1. The summed E-state index contributed by atoms with van der Waals surface area (Å²) in [5.74, 6) is 0.576. The maximum absolute atomic E-state index is 12.0. The van der Waals surface area contributed by atoms with Crippen LogP contribution in [0, 0.1) is 0 Å². The molecule has 1 aliphatic rings. The van der Waals surface area contributed by atoms with Crippen LogP contribution in [-0.4, -0.2) is 41.7 Å². The Labute approximate surface area is 148 Å². The van der Waals surface area contributed by atoms with Crippen LogP contribution in [0.1, 0.15) is 25.3 Å². The maximum Gasteiger partial charge on any atom is 0.161 e. The molecular formula is C18H23ClN2O3. The molecule has 0 saturated carbocycles. The second-order valence-electron chi connectivity index (χ2n) is 5.37. The number of hydrogen-bond donors (Lipinski definition) is 1. The van der Waals surface area contributed by atoms with Crippen LogP contribution >= 0.6 is 12.4 Å². The van der Waals surface area contributed by atoms with Crippen molar-refractivity contribution in [2.45, 2.75) is 19.8 Å². The lowest BCUT2D eigenvalue weighted by atomic mass is 10.1. The highest BCUT2D eigenvalue weighted by Crippen LogP contribution is 2.27. The molecule has 0 radical (unpaired) electrons. The highest BCUT2D eigenvalue weighted by Gasteiger charge is 2.07. The van der Waals surface area contributed by atoms with Gasteiger partial charge in [-0.3, -0.25) is 9.79 Å². The van der Waals surface area contributed by atoms with Crippen LogP contribution in [0.15, 0.2) is 41.7 Å². The summed E-state index contributed by atoms with van der Waals surface area (Å²) in [5, 5.41) is 9.65. The number of nitrogens with zero attached hydrogens (tertiary/aromatic N) is 2. The predicted molar refractivity (Wildman–Crippen MR) is 99.0 cm³/mol.